The van der Waals surface area contributed by atoms with Gasteiger partial charge in [0, 0.05) is 30.1 Å². The first kappa shape index (κ1) is 20.0. The van der Waals surface area contributed by atoms with Gasteiger partial charge in [0.2, 0.25) is 5.91 Å². The fraction of sp³-hybridized carbons (Fsp3) is 0.269. The molecule has 2 aromatic carbocycles. The van der Waals surface area contributed by atoms with Gasteiger partial charge in [-0.05, 0) is 56.0 Å². The van der Waals surface area contributed by atoms with Crippen LogP contribution in [-0.2, 0) is 24.3 Å². The zero-order chi connectivity index (χ0) is 20.9. The lowest BCUT2D eigenvalue weighted by Crippen LogP contribution is -2.22. The number of carbonyl (C=O) groups is 1. The molecule has 1 N–H and O–H groups in total. The number of carbonyl (C=O) groups excluding carboxylic acids is 1. The van der Waals surface area contributed by atoms with Gasteiger partial charge in [0.05, 0.1) is 6.54 Å². The van der Waals surface area contributed by atoms with Crippen molar-refractivity contribution < 1.29 is 9.21 Å². The Balaban J connectivity index is 1.38. The maximum absolute atomic E-state index is 12.2. The van der Waals surface area contributed by atoms with Gasteiger partial charge in [0.1, 0.15) is 11.5 Å². The molecule has 0 saturated heterocycles. The van der Waals surface area contributed by atoms with Crippen LogP contribution in [0.5, 0.6) is 0 Å². The van der Waals surface area contributed by atoms with Crippen LogP contribution in [-0.4, -0.2) is 10.5 Å². The predicted molar refractivity (Wildman–Crippen MR) is 120 cm³/mol. The molecule has 2 aromatic heterocycles. The summed E-state index contributed by atoms with van der Waals surface area (Å²) in [6, 6.07) is 21.0. The van der Waals surface area contributed by atoms with E-state index in [1.807, 2.05) is 19.1 Å². The zero-order valence-electron chi connectivity index (χ0n) is 17.7. The molecule has 4 rings (SSSR count). The van der Waals surface area contributed by atoms with Crippen LogP contribution in [0, 0.1) is 13.8 Å². The second-order valence-corrected chi connectivity index (χ2v) is 7.93. The molecular formula is C26H28N2O2. The minimum atomic E-state index is 0.0625. The van der Waals surface area contributed by atoms with E-state index in [9.17, 15) is 4.79 Å². The van der Waals surface area contributed by atoms with Gasteiger partial charge >= 0.3 is 0 Å². The van der Waals surface area contributed by atoms with Gasteiger partial charge < -0.3 is 14.3 Å². The number of furan rings is 1. The van der Waals surface area contributed by atoms with Gasteiger partial charge in [-0.1, -0.05) is 48.0 Å². The molecule has 0 saturated carbocycles. The number of aryl methyl sites for hydroxylation is 3. The summed E-state index contributed by atoms with van der Waals surface area (Å²) < 4.78 is 7.82. The number of hydrogen-bond acceptors (Lipinski definition) is 2. The molecule has 4 aromatic rings. The molecule has 0 radical (unpaired) electrons. The van der Waals surface area contributed by atoms with Crippen molar-refractivity contribution in [1.29, 1.82) is 0 Å². The Bertz CT molecular complexity index is 1150. The van der Waals surface area contributed by atoms with E-state index in [0.29, 0.717) is 13.0 Å². The molecule has 1 amide bonds. The molecule has 0 atom stereocenters. The van der Waals surface area contributed by atoms with E-state index in [1.54, 1.807) is 0 Å². The van der Waals surface area contributed by atoms with Crippen molar-refractivity contribution in [2.24, 2.45) is 0 Å². The standard InChI is InChI=1S/C26H28N2O2/c1-19-7-5-8-21(15-19)17-28-18-22(24-10-3-4-11-25(24)28)9-6-12-26(29)27-16-23-14-13-20(2)30-23/h3-5,7-8,10-11,13-15,18H,6,9,12,16-17H2,1-2H3,(H,27,29). The van der Waals surface area contributed by atoms with Crippen LogP contribution in [0.4, 0.5) is 0 Å². The van der Waals surface area contributed by atoms with Crippen molar-refractivity contribution in [1.82, 2.24) is 9.88 Å². The third kappa shape index (κ3) is 4.82. The van der Waals surface area contributed by atoms with Crippen LogP contribution in [0.15, 0.2) is 71.3 Å². The summed E-state index contributed by atoms with van der Waals surface area (Å²) >= 11 is 0. The Kier molecular flexibility index (Phi) is 6.03. The van der Waals surface area contributed by atoms with Crippen LogP contribution >= 0.6 is 0 Å². The Morgan fingerprint density at radius 3 is 2.70 bits per heavy atom. The lowest BCUT2D eigenvalue weighted by Gasteiger charge is -2.06. The molecular weight excluding hydrogens is 372 g/mol. The van der Waals surface area contributed by atoms with E-state index in [4.69, 9.17) is 4.42 Å². The third-order valence-electron chi connectivity index (χ3n) is 5.41. The van der Waals surface area contributed by atoms with Gasteiger partial charge in [0.15, 0.2) is 0 Å². The van der Waals surface area contributed by atoms with Crippen molar-refractivity contribution >= 4 is 16.8 Å². The monoisotopic (exact) mass is 400 g/mol. The average molecular weight is 401 g/mol. The van der Waals surface area contributed by atoms with Crippen molar-refractivity contribution in [2.75, 3.05) is 0 Å². The molecule has 4 heteroatoms. The largest absolute Gasteiger partial charge is 0.465 e. The third-order valence-corrected chi connectivity index (χ3v) is 5.41. The van der Waals surface area contributed by atoms with E-state index in [-0.39, 0.29) is 5.91 Å². The highest BCUT2D eigenvalue weighted by Gasteiger charge is 2.10. The highest BCUT2D eigenvalue weighted by molar-refractivity contribution is 5.84. The fourth-order valence-electron chi connectivity index (χ4n) is 3.95. The van der Waals surface area contributed by atoms with Crippen LogP contribution in [0.25, 0.3) is 10.9 Å². The summed E-state index contributed by atoms with van der Waals surface area (Å²) in [4.78, 5) is 12.2. The molecule has 0 fully saturated rings. The van der Waals surface area contributed by atoms with E-state index in [1.165, 1.54) is 27.6 Å². The number of nitrogens with zero attached hydrogens (tertiary/aromatic N) is 1. The molecule has 0 bridgehead atoms. The lowest BCUT2D eigenvalue weighted by molar-refractivity contribution is -0.121. The van der Waals surface area contributed by atoms with Crippen molar-refractivity contribution in [3.05, 3.63) is 95.1 Å². The molecule has 0 unspecified atom stereocenters. The first-order valence-electron chi connectivity index (χ1n) is 10.5. The van der Waals surface area contributed by atoms with Gasteiger partial charge in [0.25, 0.3) is 0 Å². The highest BCUT2D eigenvalue weighted by atomic mass is 16.3. The van der Waals surface area contributed by atoms with Gasteiger partial charge in [-0.2, -0.15) is 0 Å². The highest BCUT2D eigenvalue weighted by Crippen LogP contribution is 2.24. The van der Waals surface area contributed by atoms with Crippen LogP contribution in [0.3, 0.4) is 0 Å². The summed E-state index contributed by atoms with van der Waals surface area (Å²) in [7, 11) is 0. The maximum Gasteiger partial charge on any atom is 0.220 e. The lowest BCUT2D eigenvalue weighted by atomic mass is 10.1. The second kappa shape index (κ2) is 9.04. The van der Waals surface area contributed by atoms with Crippen LogP contribution in [0.1, 0.15) is 41.1 Å². The molecule has 154 valence electrons. The minimum Gasteiger partial charge on any atom is -0.465 e. The molecule has 0 aliphatic carbocycles. The summed E-state index contributed by atoms with van der Waals surface area (Å²) in [5.41, 5.74) is 5.12. The Morgan fingerprint density at radius 2 is 1.90 bits per heavy atom. The second-order valence-electron chi connectivity index (χ2n) is 7.93. The fourth-order valence-corrected chi connectivity index (χ4v) is 3.95. The molecule has 0 spiro atoms. The predicted octanol–water partition coefficient (Wildman–Crippen LogP) is 5.54. The number of amides is 1. The van der Waals surface area contributed by atoms with Gasteiger partial charge in [-0.3, -0.25) is 4.79 Å². The smallest absolute Gasteiger partial charge is 0.220 e. The Hall–Kier alpha value is -3.27. The van der Waals surface area contributed by atoms with E-state index >= 15 is 0 Å². The Labute approximate surface area is 177 Å². The Morgan fingerprint density at radius 1 is 1.03 bits per heavy atom. The molecule has 0 aliphatic rings. The molecule has 2 heterocycles. The number of fused-ring (bicyclic) bond motifs is 1. The van der Waals surface area contributed by atoms with Gasteiger partial charge in [-0.15, -0.1) is 0 Å². The van der Waals surface area contributed by atoms with Crippen molar-refractivity contribution in [3.63, 3.8) is 0 Å². The minimum absolute atomic E-state index is 0.0625. The van der Waals surface area contributed by atoms with Crippen LogP contribution < -0.4 is 5.32 Å². The zero-order valence-corrected chi connectivity index (χ0v) is 17.7. The SMILES string of the molecule is Cc1cccc(Cn2cc(CCCC(=O)NCc3ccc(C)o3)c3ccccc32)c1. The van der Waals surface area contributed by atoms with E-state index in [2.05, 4.69) is 71.5 Å². The van der Waals surface area contributed by atoms with Crippen molar-refractivity contribution in [2.45, 2.75) is 46.2 Å². The topological polar surface area (TPSA) is 47.2 Å². The number of rotatable bonds is 8. The summed E-state index contributed by atoms with van der Waals surface area (Å²) in [6.07, 6.45) is 4.46. The van der Waals surface area contributed by atoms with Gasteiger partial charge in [-0.25, -0.2) is 0 Å². The number of para-hydroxylation sites is 1. The first-order valence-corrected chi connectivity index (χ1v) is 10.5. The first-order chi connectivity index (χ1) is 14.6. The quantitative estimate of drug-likeness (QED) is 0.422. The molecule has 30 heavy (non-hydrogen) atoms. The van der Waals surface area contributed by atoms with Crippen molar-refractivity contribution in [3.8, 4) is 0 Å². The maximum atomic E-state index is 12.2. The average Bonchev–Trinajstić information content (AvgIpc) is 3.30. The number of nitrogens with one attached hydrogen (secondary N) is 1. The summed E-state index contributed by atoms with van der Waals surface area (Å²) in [5.74, 6) is 1.72. The summed E-state index contributed by atoms with van der Waals surface area (Å²) in [5, 5.41) is 4.22. The normalized spacial score (nSPS) is 11.1. The number of hydrogen-bond donors (Lipinski definition) is 1. The van der Waals surface area contributed by atoms with Crippen LogP contribution in [0.2, 0.25) is 0 Å². The molecule has 0 aliphatic heterocycles. The summed E-state index contributed by atoms with van der Waals surface area (Å²) in [6.45, 7) is 5.33. The number of benzene rings is 2. The molecule has 4 nitrogen and oxygen atoms in total. The number of aromatic nitrogens is 1. The van der Waals surface area contributed by atoms with E-state index < -0.39 is 0 Å². The van der Waals surface area contributed by atoms with E-state index in [0.717, 1.165) is 30.9 Å².